The Morgan fingerprint density at radius 2 is 1.90 bits per heavy atom. The molecule has 1 aliphatic heterocycles. The van der Waals surface area contributed by atoms with Gasteiger partial charge in [0, 0.05) is 11.1 Å². The first-order chi connectivity index (χ1) is 9.40. The molecule has 7 heteroatoms. The van der Waals surface area contributed by atoms with Gasteiger partial charge in [-0.15, -0.1) is 0 Å². The molecule has 0 aromatic carbocycles. The van der Waals surface area contributed by atoms with Crippen molar-refractivity contribution in [2.24, 2.45) is 22.4 Å². The van der Waals surface area contributed by atoms with Crippen molar-refractivity contribution in [2.75, 3.05) is 0 Å². The van der Waals surface area contributed by atoms with E-state index in [0.717, 1.165) is 6.42 Å². The van der Waals surface area contributed by atoms with Crippen molar-refractivity contribution in [1.29, 1.82) is 0 Å². The van der Waals surface area contributed by atoms with Crippen molar-refractivity contribution in [1.82, 2.24) is 5.01 Å². The van der Waals surface area contributed by atoms with Gasteiger partial charge in [0.2, 0.25) is 0 Å². The Kier molecular flexibility index (Phi) is 3.64. The van der Waals surface area contributed by atoms with Crippen molar-refractivity contribution in [3.8, 4) is 0 Å². The maximum atomic E-state index is 13.5. The van der Waals surface area contributed by atoms with Crippen LogP contribution < -0.4 is 0 Å². The van der Waals surface area contributed by atoms with Gasteiger partial charge in [-0.25, -0.2) is 0 Å². The number of carbonyl (C=O) groups excluding carboxylic acids is 1. The molecule has 0 bridgehead atoms. The summed E-state index contributed by atoms with van der Waals surface area (Å²) in [5.74, 6) is -2.14. The molecule has 0 radical (unpaired) electrons. The molecular formula is C14H21F3N2O2. The number of amides is 1. The topological polar surface area (TPSA) is 52.9 Å². The molecule has 21 heavy (non-hydrogen) atoms. The first-order valence-corrected chi connectivity index (χ1v) is 7.13. The van der Waals surface area contributed by atoms with Crippen LogP contribution in [0.4, 0.5) is 13.2 Å². The molecule has 1 fully saturated rings. The third-order valence-electron chi connectivity index (χ3n) is 4.27. The maximum Gasteiger partial charge on any atom is 0.439 e. The molecule has 1 heterocycles. The Hall–Kier alpha value is -1.11. The molecule has 0 aromatic rings. The van der Waals surface area contributed by atoms with Crippen LogP contribution in [0, 0.1) is 17.3 Å². The number of hydrazone groups is 1. The van der Waals surface area contributed by atoms with Crippen LogP contribution in [-0.4, -0.2) is 33.6 Å². The lowest BCUT2D eigenvalue weighted by Crippen LogP contribution is -2.63. The van der Waals surface area contributed by atoms with Crippen LogP contribution in [0.15, 0.2) is 5.10 Å². The normalized spacial score (nSPS) is 33.7. The third kappa shape index (κ3) is 2.35. The third-order valence-corrected chi connectivity index (χ3v) is 4.27. The maximum absolute atomic E-state index is 13.5. The number of carbonyl (C=O) groups is 1. The number of nitrogens with zero attached hydrogens (tertiary/aromatic N) is 2. The van der Waals surface area contributed by atoms with Crippen LogP contribution in [0.3, 0.4) is 0 Å². The molecule has 3 atom stereocenters. The zero-order chi connectivity index (χ0) is 16.2. The second-order valence-electron chi connectivity index (χ2n) is 7.00. The summed E-state index contributed by atoms with van der Waals surface area (Å²) >= 11 is 0. The largest absolute Gasteiger partial charge is 0.439 e. The number of aliphatic hydroxyl groups is 1. The number of fused-ring (bicyclic) bond motifs is 1. The second kappa shape index (κ2) is 4.69. The van der Waals surface area contributed by atoms with Gasteiger partial charge in [-0.3, -0.25) is 4.79 Å². The predicted molar refractivity (Wildman–Crippen MR) is 71.2 cm³/mol. The lowest BCUT2D eigenvalue weighted by molar-refractivity contribution is -0.318. The smallest absolute Gasteiger partial charge is 0.362 e. The van der Waals surface area contributed by atoms with Crippen molar-refractivity contribution in [3.05, 3.63) is 0 Å². The summed E-state index contributed by atoms with van der Waals surface area (Å²) in [5.41, 5.74) is -3.99. The number of hydrogen-bond donors (Lipinski definition) is 1. The minimum absolute atomic E-state index is 0.157. The molecule has 4 nitrogen and oxygen atoms in total. The molecule has 2 aliphatic rings. The van der Waals surface area contributed by atoms with E-state index in [9.17, 15) is 23.1 Å². The lowest BCUT2D eigenvalue weighted by atomic mass is 9.75. The van der Waals surface area contributed by atoms with E-state index in [1.807, 2.05) is 0 Å². The Morgan fingerprint density at radius 3 is 2.38 bits per heavy atom. The summed E-state index contributed by atoms with van der Waals surface area (Å²) in [6.45, 7) is 6.32. The van der Waals surface area contributed by atoms with Crippen molar-refractivity contribution in [3.63, 3.8) is 0 Å². The van der Waals surface area contributed by atoms with Gasteiger partial charge in [0.05, 0.1) is 5.92 Å². The van der Waals surface area contributed by atoms with Gasteiger partial charge in [0.25, 0.3) is 11.6 Å². The molecule has 2 rings (SSSR count). The monoisotopic (exact) mass is 306 g/mol. The van der Waals surface area contributed by atoms with Gasteiger partial charge in [-0.2, -0.15) is 23.3 Å². The Morgan fingerprint density at radius 1 is 1.33 bits per heavy atom. The summed E-state index contributed by atoms with van der Waals surface area (Å²) in [5, 5.41) is 14.6. The van der Waals surface area contributed by atoms with Gasteiger partial charge >= 0.3 is 6.18 Å². The van der Waals surface area contributed by atoms with Gasteiger partial charge in [-0.05, 0) is 18.8 Å². The summed E-state index contributed by atoms with van der Waals surface area (Å²) < 4.78 is 40.6. The first kappa shape index (κ1) is 16.3. The lowest BCUT2D eigenvalue weighted by Gasteiger charge is -2.40. The van der Waals surface area contributed by atoms with E-state index in [1.165, 1.54) is 20.8 Å². The van der Waals surface area contributed by atoms with Gasteiger partial charge < -0.3 is 5.11 Å². The van der Waals surface area contributed by atoms with E-state index in [1.54, 1.807) is 6.92 Å². The number of halogens is 3. The summed E-state index contributed by atoms with van der Waals surface area (Å²) in [6, 6.07) is 0. The Labute approximate surface area is 122 Å². The number of rotatable bonds is 0. The van der Waals surface area contributed by atoms with Crippen molar-refractivity contribution < 1.29 is 23.1 Å². The fourth-order valence-corrected chi connectivity index (χ4v) is 3.02. The number of alkyl halides is 3. The summed E-state index contributed by atoms with van der Waals surface area (Å²) in [4.78, 5) is 12.3. The number of hydrogen-bond acceptors (Lipinski definition) is 3. The van der Waals surface area contributed by atoms with E-state index in [4.69, 9.17) is 0 Å². The fourth-order valence-electron chi connectivity index (χ4n) is 3.02. The van der Waals surface area contributed by atoms with Gasteiger partial charge in [-0.1, -0.05) is 34.1 Å². The highest BCUT2D eigenvalue weighted by molar-refractivity contribution is 5.95. The average Bonchev–Trinajstić information content (AvgIpc) is 2.63. The Bertz CT molecular complexity index is 482. The molecule has 0 spiro atoms. The standard InChI is InChI=1S/C14H21F3N2O2/c1-8-6-5-7-9-10(8)18-19(11(20)12(2,3)4)13(9,21)14(15,16)17/h8-9,21H,5-7H2,1-4H3/t8-,9-,13-/m1/s1. The van der Waals surface area contributed by atoms with E-state index in [0.29, 0.717) is 12.1 Å². The minimum Gasteiger partial charge on any atom is -0.362 e. The van der Waals surface area contributed by atoms with E-state index in [-0.39, 0.29) is 17.3 Å². The van der Waals surface area contributed by atoms with Crippen LogP contribution in [0.1, 0.15) is 47.0 Å². The predicted octanol–water partition coefficient (Wildman–Crippen LogP) is 2.92. The molecule has 1 N–H and O–H groups in total. The molecule has 0 saturated heterocycles. The summed E-state index contributed by atoms with van der Waals surface area (Å²) in [6.07, 6.45) is -3.45. The highest BCUT2D eigenvalue weighted by atomic mass is 19.4. The van der Waals surface area contributed by atoms with Crippen LogP contribution >= 0.6 is 0 Å². The van der Waals surface area contributed by atoms with E-state index in [2.05, 4.69) is 5.10 Å². The molecule has 120 valence electrons. The van der Waals surface area contributed by atoms with Crippen LogP contribution in [0.5, 0.6) is 0 Å². The average molecular weight is 306 g/mol. The van der Waals surface area contributed by atoms with E-state index >= 15 is 0 Å². The van der Waals surface area contributed by atoms with Gasteiger partial charge in [0.15, 0.2) is 0 Å². The summed E-state index contributed by atoms with van der Waals surface area (Å²) in [7, 11) is 0. The molecule has 1 amide bonds. The Balaban J connectivity index is 2.53. The zero-order valence-electron chi connectivity index (χ0n) is 12.7. The van der Waals surface area contributed by atoms with Crippen LogP contribution in [0.2, 0.25) is 0 Å². The van der Waals surface area contributed by atoms with Gasteiger partial charge in [0.1, 0.15) is 0 Å². The second-order valence-corrected chi connectivity index (χ2v) is 7.00. The van der Waals surface area contributed by atoms with Crippen molar-refractivity contribution in [2.45, 2.75) is 58.9 Å². The molecular weight excluding hydrogens is 285 g/mol. The fraction of sp³-hybridized carbons (Fsp3) is 0.857. The van der Waals surface area contributed by atoms with Crippen LogP contribution in [0.25, 0.3) is 0 Å². The quantitative estimate of drug-likeness (QED) is 0.748. The van der Waals surface area contributed by atoms with E-state index < -0.39 is 29.1 Å². The zero-order valence-corrected chi connectivity index (χ0v) is 12.7. The highest BCUT2D eigenvalue weighted by Gasteiger charge is 2.69. The minimum atomic E-state index is -4.94. The van der Waals surface area contributed by atoms with Crippen LogP contribution in [-0.2, 0) is 4.79 Å². The molecule has 0 unspecified atom stereocenters. The highest BCUT2D eigenvalue weighted by Crippen LogP contribution is 2.50. The van der Waals surface area contributed by atoms with Crippen molar-refractivity contribution >= 4 is 11.6 Å². The molecule has 1 saturated carbocycles. The molecule has 0 aromatic heterocycles. The first-order valence-electron chi connectivity index (χ1n) is 7.13. The molecule has 1 aliphatic carbocycles. The SMILES string of the molecule is C[C@@H]1CCC[C@@H]2C1=NN(C(=O)C(C)(C)C)[C@]2(O)C(F)(F)F.